The Bertz CT molecular complexity index is 865. The molecule has 1 aromatic carbocycles. The van der Waals surface area contributed by atoms with Crippen LogP contribution >= 0.6 is 11.6 Å². The zero-order valence-electron chi connectivity index (χ0n) is 14.4. The molecule has 0 aliphatic carbocycles. The second kappa shape index (κ2) is 7.47. The fourth-order valence-corrected chi connectivity index (χ4v) is 3.15. The molecule has 1 aromatic rings. The minimum Gasteiger partial charge on any atom is -0.466 e. The summed E-state index contributed by atoms with van der Waals surface area (Å²) in [4.78, 5) is 23.2. The Morgan fingerprint density at radius 2 is 2.04 bits per heavy atom. The van der Waals surface area contributed by atoms with Crippen LogP contribution in [0.25, 0.3) is 0 Å². The maximum Gasteiger partial charge on any atom is 0.417 e. The SMILES string of the molecule is CNC1=C([N+](=O)[O-])C(c2ccc(C(F)(F)F)c(Cl)c2)C(C(=O)OC)=C(C)N1. The van der Waals surface area contributed by atoms with Crippen LogP contribution < -0.4 is 10.6 Å². The van der Waals surface area contributed by atoms with Crippen LogP contribution in [0.15, 0.2) is 41.0 Å². The Labute approximate surface area is 157 Å². The van der Waals surface area contributed by atoms with Crippen LogP contribution in [0.1, 0.15) is 24.0 Å². The van der Waals surface area contributed by atoms with Crippen LogP contribution in [0.5, 0.6) is 0 Å². The topological polar surface area (TPSA) is 93.5 Å². The molecule has 0 aromatic heterocycles. The first-order chi connectivity index (χ1) is 12.5. The molecule has 0 bridgehead atoms. The highest BCUT2D eigenvalue weighted by molar-refractivity contribution is 6.31. The molecule has 2 rings (SSSR count). The molecule has 1 atom stereocenters. The van der Waals surface area contributed by atoms with Crippen LogP contribution in [0.3, 0.4) is 0 Å². The van der Waals surface area contributed by atoms with E-state index in [1.54, 1.807) is 0 Å². The maximum atomic E-state index is 13.0. The number of alkyl halides is 3. The summed E-state index contributed by atoms with van der Waals surface area (Å²) in [6.07, 6.45) is -4.68. The highest BCUT2D eigenvalue weighted by Gasteiger charge is 2.43. The van der Waals surface area contributed by atoms with Gasteiger partial charge in [0.25, 0.3) is 5.70 Å². The molecule has 0 spiro atoms. The molecule has 1 heterocycles. The number of rotatable bonds is 4. The van der Waals surface area contributed by atoms with E-state index < -0.39 is 39.3 Å². The third-order valence-electron chi connectivity index (χ3n) is 4.02. The molecular formula is C16H15ClF3N3O4. The van der Waals surface area contributed by atoms with E-state index in [1.165, 1.54) is 14.0 Å². The largest absolute Gasteiger partial charge is 0.466 e. The van der Waals surface area contributed by atoms with E-state index in [0.29, 0.717) is 0 Å². The van der Waals surface area contributed by atoms with Gasteiger partial charge in [0.1, 0.15) is 5.92 Å². The van der Waals surface area contributed by atoms with Crippen LogP contribution in [-0.2, 0) is 15.7 Å². The average Bonchev–Trinajstić information content (AvgIpc) is 2.58. The second-order valence-electron chi connectivity index (χ2n) is 5.59. The Morgan fingerprint density at radius 1 is 1.41 bits per heavy atom. The van der Waals surface area contributed by atoms with Gasteiger partial charge < -0.3 is 15.4 Å². The van der Waals surface area contributed by atoms with Crippen LogP contribution in [0, 0.1) is 10.1 Å². The number of halogens is 4. The van der Waals surface area contributed by atoms with Gasteiger partial charge in [0.15, 0.2) is 5.82 Å². The fraction of sp³-hybridized carbons (Fsp3) is 0.312. The molecule has 2 N–H and O–H groups in total. The van der Waals surface area contributed by atoms with E-state index in [0.717, 1.165) is 25.3 Å². The van der Waals surface area contributed by atoms with Gasteiger partial charge in [-0.05, 0) is 24.6 Å². The van der Waals surface area contributed by atoms with Crippen LogP contribution in [0.4, 0.5) is 13.2 Å². The molecule has 0 radical (unpaired) electrons. The van der Waals surface area contributed by atoms with Crippen molar-refractivity contribution in [2.75, 3.05) is 14.2 Å². The average molecular weight is 406 g/mol. The lowest BCUT2D eigenvalue weighted by molar-refractivity contribution is -0.431. The lowest BCUT2D eigenvalue weighted by atomic mass is 9.84. The number of methoxy groups -OCH3 is 1. The number of ether oxygens (including phenoxy) is 1. The van der Waals surface area contributed by atoms with Gasteiger partial charge in [0.2, 0.25) is 0 Å². The lowest BCUT2D eigenvalue weighted by Gasteiger charge is -2.27. The quantitative estimate of drug-likeness (QED) is 0.454. The maximum absolute atomic E-state index is 13.0. The number of nitro groups is 1. The Hall–Kier alpha value is -2.75. The number of carbonyl (C=O) groups excluding carboxylic acids is 1. The molecule has 0 fully saturated rings. The zero-order chi connectivity index (χ0) is 20.5. The zero-order valence-corrected chi connectivity index (χ0v) is 15.2. The summed E-state index contributed by atoms with van der Waals surface area (Å²) >= 11 is 5.76. The summed E-state index contributed by atoms with van der Waals surface area (Å²) in [7, 11) is 2.53. The molecular weight excluding hydrogens is 391 g/mol. The van der Waals surface area contributed by atoms with Crippen molar-refractivity contribution in [3.05, 3.63) is 67.3 Å². The second-order valence-corrected chi connectivity index (χ2v) is 6.00. The van der Waals surface area contributed by atoms with Gasteiger partial charge in [-0.2, -0.15) is 13.2 Å². The van der Waals surface area contributed by atoms with Crippen molar-refractivity contribution >= 4 is 17.6 Å². The summed E-state index contributed by atoms with van der Waals surface area (Å²) in [5.41, 5.74) is -1.31. The first kappa shape index (κ1) is 20.6. The number of dihydropyridines is 1. The highest BCUT2D eigenvalue weighted by atomic mass is 35.5. The number of nitrogens with zero attached hydrogens (tertiary/aromatic N) is 1. The molecule has 0 amide bonds. The van der Waals surface area contributed by atoms with Crippen molar-refractivity contribution < 1.29 is 27.6 Å². The van der Waals surface area contributed by atoms with Gasteiger partial charge in [-0.25, -0.2) is 4.79 Å². The third-order valence-corrected chi connectivity index (χ3v) is 4.33. The fourth-order valence-electron chi connectivity index (χ4n) is 2.85. The lowest BCUT2D eigenvalue weighted by Crippen LogP contribution is -2.36. The van der Waals surface area contributed by atoms with Gasteiger partial charge in [-0.15, -0.1) is 0 Å². The Balaban J connectivity index is 2.74. The van der Waals surface area contributed by atoms with Crippen LogP contribution in [0.2, 0.25) is 5.02 Å². The number of benzene rings is 1. The number of nitrogens with one attached hydrogen (secondary N) is 2. The number of esters is 1. The number of carbonyl (C=O) groups is 1. The molecule has 0 saturated carbocycles. The normalized spacial score (nSPS) is 17.5. The smallest absolute Gasteiger partial charge is 0.417 e. The molecule has 1 aliphatic rings. The molecule has 146 valence electrons. The number of hydrogen-bond donors (Lipinski definition) is 2. The van der Waals surface area contributed by atoms with Gasteiger partial charge in [-0.3, -0.25) is 10.1 Å². The molecule has 11 heteroatoms. The standard InChI is InChI=1S/C16H15ClF3N3O4/c1-7-11(15(24)27-3)12(13(23(25)26)14(21-2)22-7)8-4-5-9(10(17)6-8)16(18,19)20/h4-6,12,21-22H,1-3H3. The first-order valence-electron chi connectivity index (χ1n) is 7.52. The van der Waals surface area contributed by atoms with Crippen molar-refractivity contribution in [3.63, 3.8) is 0 Å². The summed E-state index contributed by atoms with van der Waals surface area (Å²) in [5, 5.41) is 16.4. The molecule has 1 unspecified atom stereocenters. The monoisotopic (exact) mass is 405 g/mol. The van der Waals surface area contributed by atoms with Gasteiger partial charge in [-0.1, -0.05) is 17.7 Å². The third kappa shape index (κ3) is 3.85. The van der Waals surface area contributed by atoms with E-state index in [4.69, 9.17) is 16.3 Å². The Morgan fingerprint density at radius 3 is 2.48 bits per heavy atom. The Kier molecular flexibility index (Phi) is 5.69. The minimum absolute atomic E-state index is 0.00572. The molecule has 7 nitrogen and oxygen atoms in total. The molecule has 27 heavy (non-hydrogen) atoms. The van der Waals surface area contributed by atoms with E-state index in [2.05, 4.69) is 10.6 Å². The number of allylic oxidation sites excluding steroid dienone is 2. The minimum atomic E-state index is -4.68. The van der Waals surface area contributed by atoms with Crippen molar-refractivity contribution in [2.45, 2.75) is 19.0 Å². The summed E-state index contributed by atoms with van der Waals surface area (Å²) in [6, 6.07) is 2.74. The van der Waals surface area contributed by atoms with E-state index in [1.807, 2.05) is 0 Å². The predicted molar refractivity (Wildman–Crippen MR) is 90.1 cm³/mol. The highest BCUT2D eigenvalue weighted by Crippen LogP contribution is 2.41. The summed E-state index contributed by atoms with van der Waals surface area (Å²) in [5.74, 6) is -2.13. The molecule has 1 aliphatic heterocycles. The van der Waals surface area contributed by atoms with Gasteiger partial charge in [0.05, 0.1) is 28.2 Å². The van der Waals surface area contributed by atoms with Crippen LogP contribution in [-0.4, -0.2) is 25.1 Å². The number of hydrogen-bond acceptors (Lipinski definition) is 6. The summed E-state index contributed by atoms with van der Waals surface area (Å²) < 4.78 is 43.6. The predicted octanol–water partition coefficient (Wildman–Crippen LogP) is 3.16. The van der Waals surface area contributed by atoms with Crippen molar-refractivity contribution in [3.8, 4) is 0 Å². The summed E-state index contributed by atoms with van der Waals surface area (Å²) in [6.45, 7) is 1.50. The van der Waals surface area contributed by atoms with Crippen molar-refractivity contribution in [1.82, 2.24) is 10.6 Å². The molecule has 0 saturated heterocycles. The first-order valence-corrected chi connectivity index (χ1v) is 7.89. The van der Waals surface area contributed by atoms with Gasteiger partial charge in [0, 0.05) is 12.7 Å². The van der Waals surface area contributed by atoms with E-state index in [9.17, 15) is 28.1 Å². The van der Waals surface area contributed by atoms with Crippen molar-refractivity contribution in [2.24, 2.45) is 0 Å². The van der Waals surface area contributed by atoms with Crippen molar-refractivity contribution in [1.29, 1.82) is 0 Å². The van der Waals surface area contributed by atoms with E-state index in [-0.39, 0.29) is 22.7 Å². The van der Waals surface area contributed by atoms with E-state index >= 15 is 0 Å². The van der Waals surface area contributed by atoms with Gasteiger partial charge >= 0.3 is 12.1 Å².